The van der Waals surface area contributed by atoms with Gasteiger partial charge in [-0.25, -0.2) is 0 Å². The lowest BCUT2D eigenvalue weighted by atomic mass is 10.1. The predicted molar refractivity (Wildman–Crippen MR) is 76.2 cm³/mol. The molecule has 0 fully saturated rings. The van der Waals surface area contributed by atoms with Gasteiger partial charge in [-0.1, -0.05) is 12.1 Å². The second kappa shape index (κ2) is 7.95. The minimum Gasteiger partial charge on any atom is -0.397 e. The first-order chi connectivity index (χ1) is 8.70. The summed E-state index contributed by atoms with van der Waals surface area (Å²) in [4.78, 5) is 2.27. The molecule has 0 aliphatic heterocycles. The first-order valence-electron chi connectivity index (χ1n) is 6.28. The number of benzene rings is 1. The predicted octanol–water partition coefficient (Wildman–Crippen LogP) is 2.07. The second-order valence-electron chi connectivity index (χ2n) is 4.34. The van der Waals surface area contributed by atoms with E-state index in [1.54, 1.807) is 14.2 Å². The molecule has 1 aromatic rings. The van der Waals surface area contributed by atoms with E-state index in [2.05, 4.69) is 17.9 Å². The molecule has 0 bridgehead atoms. The van der Waals surface area contributed by atoms with E-state index in [9.17, 15) is 0 Å². The van der Waals surface area contributed by atoms with Gasteiger partial charge in [0.15, 0.2) is 0 Å². The Hall–Kier alpha value is -1.26. The fourth-order valence-electron chi connectivity index (χ4n) is 2.05. The molecule has 0 aliphatic rings. The Morgan fingerprint density at radius 1 is 1.11 bits per heavy atom. The molecule has 0 amide bonds. The molecule has 0 heterocycles. The molecule has 102 valence electrons. The van der Waals surface area contributed by atoms with Gasteiger partial charge in [-0.2, -0.15) is 0 Å². The summed E-state index contributed by atoms with van der Waals surface area (Å²) in [6.07, 6.45) is 0.980. The van der Waals surface area contributed by atoms with Gasteiger partial charge in [-0.3, -0.25) is 0 Å². The van der Waals surface area contributed by atoms with Crippen molar-refractivity contribution in [1.29, 1.82) is 0 Å². The minimum atomic E-state index is 0.695. The zero-order chi connectivity index (χ0) is 13.4. The Labute approximate surface area is 110 Å². The first-order valence-corrected chi connectivity index (χ1v) is 6.28. The summed E-state index contributed by atoms with van der Waals surface area (Å²) < 4.78 is 10.3. The van der Waals surface area contributed by atoms with E-state index < -0.39 is 0 Å². The molecule has 0 unspecified atom stereocenters. The van der Waals surface area contributed by atoms with E-state index in [-0.39, 0.29) is 0 Å². The van der Waals surface area contributed by atoms with Crippen LogP contribution in [0.15, 0.2) is 18.2 Å². The third-order valence-electron chi connectivity index (χ3n) is 2.93. The van der Waals surface area contributed by atoms with Crippen molar-refractivity contribution in [2.45, 2.75) is 13.3 Å². The third kappa shape index (κ3) is 4.20. The van der Waals surface area contributed by atoms with Crippen molar-refractivity contribution >= 4 is 11.4 Å². The van der Waals surface area contributed by atoms with Crippen molar-refractivity contribution in [3.05, 3.63) is 23.8 Å². The van der Waals surface area contributed by atoms with E-state index >= 15 is 0 Å². The smallest absolute Gasteiger partial charge is 0.0637 e. The fourth-order valence-corrected chi connectivity index (χ4v) is 2.05. The van der Waals surface area contributed by atoms with Gasteiger partial charge >= 0.3 is 0 Å². The van der Waals surface area contributed by atoms with Gasteiger partial charge in [0.1, 0.15) is 0 Å². The standard InChI is InChI=1S/C14H24N2O2/c1-12-6-4-7-13(15)14(12)16(9-11-18-3)8-5-10-17-2/h4,6-7H,5,8-11,15H2,1-3H3. The molecule has 0 atom stereocenters. The Kier molecular flexibility index (Phi) is 6.54. The number of rotatable bonds is 8. The van der Waals surface area contributed by atoms with E-state index in [1.807, 2.05) is 12.1 Å². The summed E-state index contributed by atoms with van der Waals surface area (Å²) >= 11 is 0. The van der Waals surface area contributed by atoms with E-state index in [0.29, 0.717) is 6.61 Å². The van der Waals surface area contributed by atoms with E-state index in [1.165, 1.54) is 5.56 Å². The largest absolute Gasteiger partial charge is 0.397 e. The summed E-state index contributed by atoms with van der Waals surface area (Å²) in [7, 11) is 3.44. The van der Waals surface area contributed by atoms with Crippen molar-refractivity contribution in [2.24, 2.45) is 0 Å². The average molecular weight is 252 g/mol. The van der Waals surface area contributed by atoms with Gasteiger partial charge in [-0.05, 0) is 25.0 Å². The molecule has 0 saturated carbocycles. The highest BCUT2D eigenvalue weighted by Crippen LogP contribution is 2.27. The topological polar surface area (TPSA) is 47.7 Å². The number of hydrogen-bond acceptors (Lipinski definition) is 4. The van der Waals surface area contributed by atoms with Gasteiger partial charge in [0.25, 0.3) is 0 Å². The van der Waals surface area contributed by atoms with E-state index in [4.69, 9.17) is 15.2 Å². The summed E-state index contributed by atoms with van der Waals surface area (Å²) in [5.41, 5.74) is 9.22. The normalized spacial score (nSPS) is 10.6. The van der Waals surface area contributed by atoms with Gasteiger partial charge < -0.3 is 20.1 Å². The monoisotopic (exact) mass is 252 g/mol. The number of anilines is 2. The zero-order valence-electron chi connectivity index (χ0n) is 11.6. The summed E-state index contributed by atoms with van der Waals surface area (Å²) in [6, 6.07) is 6.01. The lowest BCUT2D eigenvalue weighted by Gasteiger charge is -2.27. The van der Waals surface area contributed by atoms with Crippen molar-refractivity contribution in [2.75, 3.05) is 51.2 Å². The summed E-state index contributed by atoms with van der Waals surface area (Å²) in [5, 5.41) is 0. The van der Waals surface area contributed by atoms with Crippen LogP contribution in [0.2, 0.25) is 0 Å². The molecule has 0 aromatic heterocycles. The average Bonchev–Trinajstić information content (AvgIpc) is 2.35. The van der Waals surface area contributed by atoms with E-state index in [0.717, 1.165) is 37.5 Å². The number of nitrogen functional groups attached to an aromatic ring is 1. The van der Waals surface area contributed by atoms with Crippen molar-refractivity contribution in [3.63, 3.8) is 0 Å². The SMILES string of the molecule is COCCCN(CCOC)c1c(C)cccc1N. The van der Waals surface area contributed by atoms with Crippen LogP contribution in [0.5, 0.6) is 0 Å². The fraction of sp³-hybridized carbons (Fsp3) is 0.571. The van der Waals surface area contributed by atoms with Crippen LogP contribution in [-0.2, 0) is 9.47 Å². The Morgan fingerprint density at radius 3 is 2.44 bits per heavy atom. The maximum atomic E-state index is 6.08. The van der Waals surface area contributed by atoms with Crippen LogP contribution in [0.1, 0.15) is 12.0 Å². The van der Waals surface area contributed by atoms with Crippen LogP contribution in [0.25, 0.3) is 0 Å². The molecule has 0 aliphatic carbocycles. The molecule has 4 heteroatoms. The van der Waals surface area contributed by atoms with Crippen LogP contribution in [0.3, 0.4) is 0 Å². The maximum Gasteiger partial charge on any atom is 0.0637 e. The lowest BCUT2D eigenvalue weighted by Crippen LogP contribution is -2.30. The number of methoxy groups -OCH3 is 2. The number of nitrogens with zero attached hydrogens (tertiary/aromatic N) is 1. The van der Waals surface area contributed by atoms with Crippen molar-refractivity contribution in [1.82, 2.24) is 0 Å². The highest BCUT2D eigenvalue weighted by atomic mass is 16.5. The lowest BCUT2D eigenvalue weighted by molar-refractivity contribution is 0.191. The Morgan fingerprint density at radius 2 is 1.83 bits per heavy atom. The van der Waals surface area contributed by atoms with Crippen LogP contribution in [-0.4, -0.2) is 40.5 Å². The number of ether oxygens (including phenoxy) is 2. The molecule has 0 spiro atoms. The molecule has 0 radical (unpaired) electrons. The van der Waals surface area contributed by atoms with Crippen LogP contribution in [0.4, 0.5) is 11.4 Å². The molecule has 4 nitrogen and oxygen atoms in total. The van der Waals surface area contributed by atoms with Crippen LogP contribution >= 0.6 is 0 Å². The van der Waals surface area contributed by atoms with Crippen LogP contribution < -0.4 is 10.6 Å². The van der Waals surface area contributed by atoms with Gasteiger partial charge in [0, 0.05) is 33.9 Å². The van der Waals surface area contributed by atoms with Gasteiger partial charge in [0.2, 0.25) is 0 Å². The third-order valence-corrected chi connectivity index (χ3v) is 2.93. The summed E-state index contributed by atoms with van der Waals surface area (Å²) in [6.45, 7) is 5.30. The Bertz CT molecular complexity index is 335. The quantitative estimate of drug-likeness (QED) is 0.568. The molecule has 1 aromatic carbocycles. The highest BCUT2D eigenvalue weighted by molar-refractivity contribution is 5.71. The molecule has 1 rings (SSSR count). The molecule has 0 saturated heterocycles. The number of nitrogens with two attached hydrogens (primary N) is 1. The second-order valence-corrected chi connectivity index (χ2v) is 4.34. The number of hydrogen-bond donors (Lipinski definition) is 1. The minimum absolute atomic E-state index is 0.695. The molecule has 2 N–H and O–H groups in total. The van der Waals surface area contributed by atoms with Crippen molar-refractivity contribution in [3.8, 4) is 0 Å². The number of para-hydroxylation sites is 1. The first kappa shape index (κ1) is 14.8. The number of aryl methyl sites for hydroxylation is 1. The Balaban J connectivity index is 2.79. The van der Waals surface area contributed by atoms with Gasteiger partial charge in [-0.15, -0.1) is 0 Å². The maximum absolute atomic E-state index is 6.08. The molecular formula is C14H24N2O2. The zero-order valence-corrected chi connectivity index (χ0v) is 11.6. The van der Waals surface area contributed by atoms with Crippen molar-refractivity contribution < 1.29 is 9.47 Å². The highest BCUT2D eigenvalue weighted by Gasteiger charge is 2.11. The molecular weight excluding hydrogens is 228 g/mol. The molecule has 18 heavy (non-hydrogen) atoms. The summed E-state index contributed by atoms with van der Waals surface area (Å²) in [5.74, 6) is 0. The van der Waals surface area contributed by atoms with Crippen LogP contribution in [0, 0.1) is 6.92 Å². The van der Waals surface area contributed by atoms with Gasteiger partial charge in [0.05, 0.1) is 18.0 Å².